The van der Waals surface area contributed by atoms with E-state index in [1.807, 2.05) is 39.0 Å². The molecule has 9 heteroatoms. The summed E-state index contributed by atoms with van der Waals surface area (Å²) in [5.74, 6) is 0. The molecule has 0 bridgehead atoms. The fraction of sp³-hybridized carbons (Fsp3) is 0.731. The van der Waals surface area contributed by atoms with E-state index >= 15 is 0 Å². The highest BCUT2D eigenvalue weighted by atomic mass is 32.2. The van der Waals surface area contributed by atoms with Crippen molar-refractivity contribution in [1.29, 1.82) is 0 Å². The van der Waals surface area contributed by atoms with Crippen LogP contribution in [0.2, 0.25) is 18.1 Å². The van der Waals surface area contributed by atoms with Crippen molar-refractivity contribution in [3.8, 4) is 0 Å². The van der Waals surface area contributed by atoms with Crippen LogP contribution in [0.25, 0.3) is 0 Å². The Bertz CT molecular complexity index is 891. The van der Waals surface area contributed by atoms with Crippen molar-refractivity contribution in [2.75, 3.05) is 19.9 Å². The van der Waals surface area contributed by atoms with E-state index in [1.54, 1.807) is 11.9 Å². The lowest BCUT2D eigenvalue weighted by Gasteiger charge is -2.41. The maximum absolute atomic E-state index is 13.0. The number of hydrogen-bond acceptors (Lipinski definition) is 6. The first-order chi connectivity index (χ1) is 15.8. The van der Waals surface area contributed by atoms with Crippen molar-refractivity contribution in [1.82, 2.24) is 4.90 Å². The molecule has 0 radical (unpaired) electrons. The molecule has 0 spiro atoms. The van der Waals surface area contributed by atoms with E-state index in [9.17, 15) is 13.2 Å². The van der Waals surface area contributed by atoms with Crippen LogP contribution in [-0.4, -0.2) is 59.3 Å². The van der Waals surface area contributed by atoms with Crippen LogP contribution >= 0.6 is 0 Å². The molecule has 0 saturated heterocycles. The van der Waals surface area contributed by atoms with Gasteiger partial charge in [0.05, 0.1) is 19.0 Å². The molecule has 0 unspecified atom stereocenters. The van der Waals surface area contributed by atoms with Gasteiger partial charge in [0, 0.05) is 13.1 Å². The van der Waals surface area contributed by atoms with Crippen molar-refractivity contribution in [2.45, 2.75) is 103 Å². The number of benzene rings is 1. The van der Waals surface area contributed by atoms with E-state index in [4.69, 9.17) is 13.3 Å². The van der Waals surface area contributed by atoms with Crippen LogP contribution in [0.5, 0.6) is 0 Å². The van der Waals surface area contributed by atoms with Gasteiger partial charge in [-0.05, 0) is 70.2 Å². The van der Waals surface area contributed by atoms with Crippen molar-refractivity contribution in [3.63, 3.8) is 0 Å². The Morgan fingerprint density at radius 3 is 2.09 bits per heavy atom. The van der Waals surface area contributed by atoms with Gasteiger partial charge in [-0.1, -0.05) is 51.1 Å². The Balaban J connectivity index is 3.16. The Morgan fingerprint density at radius 1 is 1.03 bits per heavy atom. The minimum Gasteiger partial charge on any atom is -0.444 e. The normalized spacial score (nSPS) is 14.9. The zero-order chi connectivity index (χ0) is 27.1. The van der Waals surface area contributed by atoms with Crippen LogP contribution in [0, 0.1) is 0 Å². The Morgan fingerprint density at radius 2 is 1.60 bits per heavy atom. The second kappa shape index (κ2) is 12.7. The summed E-state index contributed by atoms with van der Waals surface area (Å²) in [6.07, 6.45) is 3.05. The van der Waals surface area contributed by atoms with E-state index in [0.29, 0.717) is 25.7 Å². The SMILES string of the molecule is CN(C(=O)OC(C)(C)C)[C@@H](CCCCOS(C)(=O)=O)C[C@H](O[Si](C)(C)C(C)(C)C)c1ccccc1. The summed E-state index contributed by atoms with van der Waals surface area (Å²) in [5.41, 5.74) is 0.482. The molecule has 1 aromatic carbocycles. The lowest BCUT2D eigenvalue weighted by atomic mass is 9.97. The Kier molecular flexibility index (Phi) is 11.5. The maximum Gasteiger partial charge on any atom is 0.410 e. The molecule has 202 valence electrons. The third kappa shape index (κ3) is 11.9. The highest BCUT2D eigenvalue weighted by molar-refractivity contribution is 7.85. The van der Waals surface area contributed by atoms with E-state index in [-0.39, 0.29) is 29.9 Å². The molecule has 0 aromatic heterocycles. The Labute approximate surface area is 214 Å². The van der Waals surface area contributed by atoms with Gasteiger partial charge in [0.15, 0.2) is 8.32 Å². The number of unbranched alkanes of at least 4 members (excludes halogenated alkanes) is 1. The molecule has 0 aliphatic rings. The van der Waals surface area contributed by atoms with E-state index in [0.717, 1.165) is 11.8 Å². The first-order valence-corrected chi connectivity index (χ1v) is 17.1. The molecule has 0 fully saturated rings. The average Bonchev–Trinajstić information content (AvgIpc) is 2.69. The summed E-state index contributed by atoms with van der Waals surface area (Å²) < 4.78 is 40.0. The zero-order valence-electron chi connectivity index (χ0n) is 23.4. The fourth-order valence-electron chi connectivity index (χ4n) is 3.34. The van der Waals surface area contributed by atoms with Gasteiger partial charge in [0.25, 0.3) is 10.1 Å². The maximum atomic E-state index is 13.0. The predicted octanol–water partition coefficient (Wildman–Crippen LogP) is 6.52. The summed E-state index contributed by atoms with van der Waals surface area (Å²) in [5, 5.41) is 0.0373. The van der Waals surface area contributed by atoms with Gasteiger partial charge in [0.2, 0.25) is 0 Å². The van der Waals surface area contributed by atoms with Gasteiger partial charge in [-0.25, -0.2) is 4.79 Å². The smallest absolute Gasteiger partial charge is 0.410 e. The average molecular weight is 530 g/mol. The molecule has 1 amide bonds. The number of nitrogens with zero attached hydrogens (tertiary/aromatic N) is 1. The molecule has 0 N–H and O–H groups in total. The van der Waals surface area contributed by atoms with Crippen LogP contribution < -0.4 is 0 Å². The van der Waals surface area contributed by atoms with Crippen molar-refractivity contribution in [2.24, 2.45) is 0 Å². The van der Waals surface area contributed by atoms with Crippen molar-refractivity contribution < 1.29 is 26.6 Å². The molecule has 35 heavy (non-hydrogen) atoms. The third-order valence-corrected chi connectivity index (χ3v) is 11.4. The van der Waals surface area contributed by atoms with Crippen LogP contribution in [0.3, 0.4) is 0 Å². The van der Waals surface area contributed by atoms with E-state index in [1.165, 1.54) is 0 Å². The number of ether oxygens (including phenoxy) is 1. The molecular weight excluding hydrogens is 482 g/mol. The summed E-state index contributed by atoms with van der Waals surface area (Å²) in [6.45, 7) is 16.8. The number of carbonyl (C=O) groups is 1. The van der Waals surface area contributed by atoms with Gasteiger partial charge >= 0.3 is 6.09 Å². The number of rotatable bonds is 12. The quantitative estimate of drug-likeness (QED) is 0.174. The molecule has 0 heterocycles. The molecule has 0 saturated carbocycles. The second-order valence-corrected chi connectivity index (χ2v) is 18.2. The lowest BCUT2D eigenvalue weighted by Crippen LogP contribution is -2.45. The van der Waals surface area contributed by atoms with Crippen molar-refractivity contribution in [3.05, 3.63) is 35.9 Å². The molecule has 0 aliphatic carbocycles. The predicted molar refractivity (Wildman–Crippen MR) is 145 cm³/mol. The fourth-order valence-corrected chi connectivity index (χ4v) is 5.06. The first kappa shape index (κ1) is 31.6. The number of carbonyl (C=O) groups excluding carboxylic acids is 1. The number of amides is 1. The summed E-state index contributed by atoms with van der Waals surface area (Å²) in [4.78, 5) is 14.6. The summed E-state index contributed by atoms with van der Waals surface area (Å²) >= 11 is 0. The van der Waals surface area contributed by atoms with Crippen LogP contribution in [0.1, 0.15) is 78.9 Å². The molecule has 7 nitrogen and oxygen atoms in total. The van der Waals surface area contributed by atoms with Crippen LogP contribution in [-0.2, 0) is 23.5 Å². The minimum absolute atomic E-state index is 0.0373. The third-order valence-electron chi connectivity index (χ3n) is 6.36. The largest absolute Gasteiger partial charge is 0.444 e. The van der Waals surface area contributed by atoms with Crippen molar-refractivity contribution >= 4 is 24.5 Å². The Hall–Kier alpha value is -1.42. The number of hydrogen-bond donors (Lipinski definition) is 0. The van der Waals surface area contributed by atoms with Crippen LogP contribution in [0.4, 0.5) is 4.79 Å². The topological polar surface area (TPSA) is 82.1 Å². The van der Waals surface area contributed by atoms with Gasteiger partial charge in [-0.2, -0.15) is 8.42 Å². The molecule has 1 aromatic rings. The van der Waals surface area contributed by atoms with Gasteiger partial charge in [0.1, 0.15) is 5.60 Å². The summed E-state index contributed by atoms with van der Waals surface area (Å²) in [6, 6.07) is 9.99. The van der Waals surface area contributed by atoms with Gasteiger partial charge < -0.3 is 14.1 Å². The second-order valence-electron chi connectivity index (χ2n) is 11.8. The molecular formula is C26H47NO6SSi. The highest BCUT2D eigenvalue weighted by Crippen LogP contribution is 2.41. The van der Waals surface area contributed by atoms with E-state index in [2.05, 4.69) is 46.0 Å². The van der Waals surface area contributed by atoms with Crippen LogP contribution in [0.15, 0.2) is 30.3 Å². The summed E-state index contributed by atoms with van der Waals surface area (Å²) in [7, 11) is -3.80. The first-order valence-electron chi connectivity index (χ1n) is 12.4. The monoisotopic (exact) mass is 529 g/mol. The lowest BCUT2D eigenvalue weighted by molar-refractivity contribution is 0.0158. The minimum atomic E-state index is -3.46. The zero-order valence-corrected chi connectivity index (χ0v) is 25.2. The molecule has 1 rings (SSSR count). The molecule has 0 aliphatic heterocycles. The van der Waals surface area contributed by atoms with Gasteiger partial charge in [-0.15, -0.1) is 0 Å². The van der Waals surface area contributed by atoms with Gasteiger partial charge in [-0.3, -0.25) is 4.18 Å². The highest BCUT2D eigenvalue weighted by Gasteiger charge is 2.40. The molecule has 2 atom stereocenters. The standard InChI is InChI=1S/C26H47NO6SSi/c1-25(2,3)32-24(28)27(7)22(18-14-15-19-31-34(8,29)30)20-23(21-16-12-11-13-17-21)33-35(9,10)26(4,5)6/h11-13,16-17,22-23H,14-15,18-20H2,1-10H3/t22-,23-/m0/s1. The van der Waals surface area contributed by atoms with E-state index < -0.39 is 24.0 Å².